The van der Waals surface area contributed by atoms with Crippen molar-refractivity contribution in [3.05, 3.63) is 33.4 Å². The van der Waals surface area contributed by atoms with Crippen molar-refractivity contribution in [2.24, 2.45) is 0 Å². The van der Waals surface area contributed by atoms with Crippen molar-refractivity contribution in [1.82, 2.24) is 4.90 Å². The topological polar surface area (TPSA) is 40.5 Å². The molecule has 1 aliphatic rings. The van der Waals surface area contributed by atoms with E-state index in [1.807, 2.05) is 29.2 Å². The summed E-state index contributed by atoms with van der Waals surface area (Å²) in [6, 6.07) is 7.94. The fourth-order valence-corrected chi connectivity index (χ4v) is 3.10. The lowest BCUT2D eigenvalue weighted by Crippen LogP contribution is -2.40. The van der Waals surface area contributed by atoms with Crippen molar-refractivity contribution in [3.8, 4) is 0 Å². The average molecular weight is 359 g/mol. The van der Waals surface area contributed by atoms with Crippen molar-refractivity contribution >= 4 is 28.5 Å². The molecule has 1 fully saturated rings. The van der Waals surface area contributed by atoms with Crippen LogP contribution in [0, 0.1) is 3.57 Å². The molecule has 1 saturated carbocycles. The summed E-state index contributed by atoms with van der Waals surface area (Å²) in [4.78, 5) is 14.3. The summed E-state index contributed by atoms with van der Waals surface area (Å²) >= 11 is 2.21. The molecule has 0 spiro atoms. The predicted molar refractivity (Wildman–Crippen MR) is 79.5 cm³/mol. The van der Waals surface area contributed by atoms with Crippen LogP contribution >= 0.6 is 22.6 Å². The van der Waals surface area contributed by atoms with E-state index >= 15 is 0 Å². The predicted octanol–water partition coefficient (Wildman–Crippen LogP) is 2.67. The minimum atomic E-state index is 0.0339. The van der Waals surface area contributed by atoms with Crippen LogP contribution < -0.4 is 0 Å². The van der Waals surface area contributed by atoms with E-state index in [-0.39, 0.29) is 12.5 Å². The third-order valence-electron chi connectivity index (χ3n) is 3.44. The zero-order chi connectivity index (χ0) is 13.0. The van der Waals surface area contributed by atoms with Crippen molar-refractivity contribution in [3.63, 3.8) is 0 Å². The summed E-state index contributed by atoms with van der Waals surface area (Å²) < 4.78 is 1.06. The van der Waals surface area contributed by atoms with Crippen LogP contribution in [0.15, 0.2) is 24.3 Å². The fourth-order valence-electron chi connectivity index (χ4n) is 2.56. The van der Waals surface area contributed by atoms with E-state index in [0.29, 0.717) is 12.6 Å². The second-order valence-electron chi connectivity index (χ2n) is 4.67. The maximum atomic E-state index is 12.5. The molecule has 0 aromatic heterocycles. The Kier molecular flexibility index (Phi) is 5.00. The minimum Gasteiger partial charge on any atom is -0.395 e. The van der Waals surface area contributed by atoms with E-state index in [2.05, 4.69) is 22.6 Å². The number of nitrogens with zero attached hydrogens (tertiary/aromatic N) is 1. The second kappa shape index (κ2) is 6.52. The van der Waals surface area contributed by atoms with Crippen molar-refractivity contribution < 1.29 is 9.90 Å². The first kappa shape index (κ1) is 13.8. The van der Waals surface area contributed by atoms with Crippen molar-refractivity contribution in [2.45, 2.75) is 31.7 Å². The molecule has 0 radical (unpaired) electrons. The van der Waals surface area contributed by atoms with Gasteiger partial charge in [0.15, 0.2) is 0 Å². The van der Waals surface area contributed by atoms with Gasteiger partial charge in [0.2, 0.25) is 0 Å². The summed E-state index contributed by atoms with van der Waals surface area (Å²) in [6.07, 6.45) is 4.50. The third-order valence-corrected chi connectivity index (χ3v) is 4.11. The van der Waals surface area contributed by atoms with Crippen LogP contribution in [-0.2, 0) is 0 Å². The Balaban J connectivity index is 2.17. The zero-order valence-electron chi connectivity index (χ0n) is 10.3. The molecule has 1 amide bonds. The van der Waals surface area contributed by atoms with E-state index < -0.39 is 0 Å². The molecule has 3 nitrogen and oxygen atoms in total. The van der Waals surface area contributed by atoms with Gasteiger partial charge in [-0.2, -0.15) is 0 Å². The van der Waals surface area contributed by atoms with Crippen LogP contribution in [0.1, 0.15) is 36.0 Å². The van der Waals surface area contributed by atoms with Gasteiger partial charge in [-0.25, -0.2) is 0 Å². The second-order valence-corrected chi connectivity index (χ2v) is 5.92. The third kappa shape index (κ3) is 3.23. The van der Waals surface area contributed by atoms with Crippen LogP contribution in [0.3, 0.4) is 0 Å². The number of aliphatic hydroxyl groups excluding tert-OH is 1. The lowest BCUT2D eigenvalue weighted by molar-refractivity contribution is 0.0638. The maximum absolute atomic E-state index is 12.5. The van der Waals surface area contributed by atoms with Gasteiger partial charge in [-0.15, -0.1) is 0 Å². The van der Waals surface area contributed by atoms with Gasteiger partial charge in [0.05, 0.1) is 6.61 Å². The summed E-state index contributed by atoms with van der Waals surface area (Å²) in [7, 11) is 0. The van der Waals surface area contributed by atoms with Gasteiger partial charge in [-0.1, -0.05) is 18.9 Å². The van der Waals surface area contributed by atoms with Gasteiger partial charge < -0.3 is 10.0 Å². The zero-order valence-corrected chi connectivity index (χ0v) is 12.5. The van der Waals surface area contributed by atoms with Crippen LogP contribution in [0.2, 0.25) is 0 Å². The molecule has 2 rings (SSSR count). The Hall–Kier alpha value is -0.620. The smallest absolute Gasteiger partial charge is 0.254 e. The highest BCUT2D eigenvalue weighted by Gasteiger charge is 2.26. The van der Waals surface area contributed by atoms with Crippen LogP contribution in [0.5, 0.6) is 0 Å². The molecule has 0 bridgehead atoms. The summed E-state index contributed by atoms with van der Waals surface area (Å²) in [5, 5.41) is 9.15. The molecule has 0 unspecified atom stereocenters. The monoisotopic (exact) mass is 359 g/mol. The van der Waals surface area contributed by atoms with Crippen LogP contribution in [-0.4, -0.2) is 35.1 Å². The lowest BCUT2D eigenvalue weighted by atomic mass is 10.1. The van der Waals surface area contributed by atoms with Crippen molar-refractivity contribution in [2.75, 3.05) is 13.2 Å². The van der Waals surface area contributed by atoms with Crippen molar-refractivity contribution in [1.29, 1.82) is 0 Å². The first-order chi connectivity index (χ1) is 8.72. The normalized spacial score (nSPS) is 15.9. The van der Waals surface area contributed by atoms with Gasteiger partial charge in [0.25, 0.3) is 5.91 Å². The molecule has 18 heavy (non-hydrogen) atoms. The van der Waals surface area contributed by atoms with E-state index in [0.717, 1.165) is 22.0 Å². The molecule has 1 aromatic carbocycles. The first-order valence-electron chi connectivity index (χ1n) is 6.40. The molecule has 0 aliphatic heterocycles. The first-order valence-corrected chi connectivity index (χ1v) is 7.47. The molecule has 0 saturated heterocycles. The fraction of sp³-hybridized carbons (Fsp3) is 0.500. The number of halogens is 1. The van der Waals surface area contributed by atoms with Crippen LogP contribution in [0.25, 0.3) is 0 Å². The standard InChI is InChI=1S/C14H18INO2/c15-12-5-3-4-11(10-12)14(18)16(8-9-17)13-6-1-2-7-13/h3-5,10,13,17H,1-2,6-9H2. The summed E-state index contributed by atoms with van der Waals surface area (Å²) in [5.41, 5.74) is 0.724. The van der Waals surface area contributed by atoms with E-state index in [1.165, 1.54) is 12.8 Å². The number of hydrogen-bond donors (Lipinski definition) is 1. The Labute approximate surface area is 121 Å². The van der Waals surface area contributed by atoms with Gasteiger partial charge in [0, 0.05) is 21.7 Å². The number of rotatable bonds is 4. The molecule has 0 heterocycles. The molecule has 0 atom stereocenters. The Morgan fingerprint density at radius 2 is 2.11 bits per heavy atom. The van der Waals surface area contributed by atoms with Gasteiger partial charge in [-0.05, 0) is 53.6 Å². The number of carbonyl (C=O) groups is 1. The molecular formula is C14H18INO2. The highest BCUT2D eigenvalue weighted by atomic mass is 127. The number of carbonyl (C=O) groups excluding carboxylic acids is 1. The quantitative estimate of drug-likeness (QED) is 0.840. The molecule has 98 valence electrons. The largest absolute Gasteiger partial charge is 0.395 e. The highest BCUT2D eigenvalue weighted by molar-refractivity contribution is 14.1. The number of benzene rings is 1. The lowest BCUT2D eigenvalue weighted by Gasteiger charge is -2.28. The van der Waals surface area contributed by atoms with E-state index in [9.17, 15) is 4.79 Å². The van der Waals surface area contributed by atoms with E-state index in [4.69, 9.17) is 5.11 Å². The molecule has 1 N–H and O–H groups in total. The number of amides is 1. The summed E-state index contributed by atoms with van der Waals surface area (Å²) in [5.74, 6) is 0.0504. The molecule has 4 heteroatoms. The highest BCUT2D eigenvalue weighted by Crippen LogP contribution is 2.25. The van der Waals surface area contributed by atoms with E-state index in [1.54, 1.807) is 0 Å². The Bertz CT molecular complexity index is 416. The van der Waals surface area contributed by atoms with Gasteiger partial charge >= 0.3 is 0 Å². The number of aliphatic hydroxyl groups is 1. The number of hydrogen-bond acceptors (Lipinski definition) is 2. The SMILES string of the molecule is O=C(c1cccc(I)c1)N(CCO)C1CCCC1. The average Bonchev–Trinajstić information content (AvgIpc) is 2.89. The Morgan fingerprint density at radius 1 is 1.39 bits per heavy atom. The van der Waals surface area contributed by atoms with Gasteiger partial charge in [0.1, 0.15) is 0 Å². The maximum Gasteiger partial charge on any atom is 0.254 e. The Morgan fingerprint density at radius 3 is 2.72 bits per heavy atom. The van der Waals surface area contributed by atoms with Gasteiger partial charge in [-0.3, -0.25) is 4.79 Å². The minimum absolute atomic E-state index is 0.0339. The summed E-state index contributed by atoms with van der Waals surface area (Å²) in [6.45, 7) is 0.473. The molecule has 1 aromatic rings. The molecular weight excluding hydrogens is 341 g/mol. The molecule has 1 aliphatic carbocycles. The van der Waals surface area contributed by atoms with Crippen LogP contribution in [0.4, 0.5) is 0 Å².